The second kappa shape index (κ2) is 7.82. The van der Waals surface area contributed by atoms with Gasteiger partial charge in [-0.05, 0) is 32.9 Å². The highest BCUT2D eigenvalue weighted by atomic mass is 16.3. The van der Waals surface area contributed by atoms with E-state index in [4.69, 9.17) is 9.40 Å². The molecule has 0 spiro atoms. The number of carbonyl (C=O) groups excluding carboxylic acids is 2. The Kier molecular flexibility index (Phi) is 5.05. The van der Waals surface area contributed by atoms with Gasteiger partial charge in [-0.1, -0.05) is 30.3 Å². The molecule has 1 aromatic carbocycles. The zero-order chi connectivity index (χ0) is 21.3. The molecule has 0 saturated carbocycles. The number of carbonyl (C=O) groups is 2. The van der Waals surface area contributed by atoms with Crippen LogP contribution in [0.1, 0.15) is 39.2 Å². The van der Waals surface area contributed by atoms with Crippen LogP contribution in [0.15, 0.2) is 53.1 Å². The lowest BCUT2D eigenvalue weighted by Gasteiger charge is -2.10. The summed E-state index contributed by atoms with van der Waals surface area (Å²) in [6.07, 6.45) is 1.61. The number of amides is 2. The van der Waals surface area contributed by atoms with Gasteiger partial charge in [-0.3, -0.25) is 20.4 Å². The molecule has 0 bridgehead atoms. The van der Waals surface area contributed by atoms with Crippen LogP contribution in [0.2, 0.25) is 0 Å². The number of furan rings is 1. The van der Waals surface area contributed by atoms with Crippen molar-refractivity contribution in [1.82, 2.24) is 25.6 Å². The molecule has 0 aliphatic rings. The second-order valence-corrected chi connectivity index (χ2v) is 6.85. The minimum absolute atomic E-state index is 0.372. The molecule has 2 N–H and O–H groups in total. The minimum Gasteiger partial charge on any atom is -0.466 e. The molecule has 2 amide bonds. The van der Waals surface area contributed by atoms with Gasteiger partial charge in [0.15, 0.2) is 5.65 Å². The zero-order valence-electron chi connectivity index (χ0n) is 16.9. The Morgan fingerprint density at radius 3 is 2.37 bits per heavy atom. The summed E-state index contributed by atoms with van der Waals surface area (Å²) in [5.41, 5.74) is 7.82. The van der Waals surface area contributed by atoms with Gasteiger partial charge in [0.05, 0.1) is 28.4 Å². The first-order chi connectivity index (χ1) is 14.5. The van der Waals surface area contributed by atoms with Crippen molar-refractivity contribution in [1.29, 1.82) is 0 Å². The van der Waals surface area contributed by atoms with Crippen molar-refractivity contribution >= 4 is 22.8 Å². The van der Waals surface area contributed by atoms with Crippen LogP contribution in [-0.2, 0) is 6.54 Å². The van der Waals surface area contributed by atoms with Crippen LogP contribution < -0.4 is 10.9 Å². The van der Waals surface area contributed by atoms with Gasteiger partial charge in [-0.25, -0.2) is 9.67 Å². The summed E-state index contributed by atoms with van der Waals surface area (Å²) in [5.74, 6) is 0.206. The number of nitrogens with one attached hydrogen (secondary N) is 2. The molecule has 152 valence electrons. The Balaban J connectivity index is 1.67. The number of pyridine rings is 1. The summed E-state index contributed by atoms with van der Waals surface area (Å²) in [7, 11) is 0. The maximum atomic E-state index is 13.0. The molecule has 0 atom stereocenters. The van der Waals surface area contributed by atoms with E-state index in [2.05, 4.69) is 16.0 Å². The summed E-state index contributed by atoms with van der Waals surface area (Å²) in [4.78, 5) is 30.1. The molecular weight excluding hydrogens is 382 g/mol. The van der Waals surface area contributed by atoms with Crippen LogP contribution >= 0.6 is 0 Å². The summed E-state index contributed by atoms with van der Waals surface area (Å²) in [6, 6.07) is 12.9. The highest BCUT2D eigenvalue weighted by molar-refractivity contribution is 6.07. The Morgan fingerprint density at radius 1 is 1.03 bits per heavy atom. The van der Waals surface area contributed by atoms with Crippen LogP contribution in [0.3, 0.4) is 0 Å². The van der Waals surface area contributed by atoms with Crippen molar-refractivity contribution in [2.75, 3.05) is 0 Å². The third kappa shape index (κ3) is 3.55. The average molecular weight is 403 g/mol. The molecule has 0 saturated heterocycles. The van der Waals surface area contributed by atoms with E-state index in [1.54, 1.807) is 36.9 Å². The molecule has 30 heavy (non-hydrogen) atoms. The lowest BCUT2D eigenvalue weighted by atomic mass is 10.1. The fraction of sp³-hybridized carbons (Fsp3) is 0.182. The highest BCUT2D eigenvalue weighted by Crippen LogP contribution is 2.25. The molecule has 3 heterocycles. The van der Waals surface area contributed by atoms with Crippen LogP contribution in [0, 0.1) is 13.8 Å². The number of aryl methyl sites for hydroxylation is 3. The van der Waals surface area contributed by atoms with Gasteiger partial charge >= 0.3 is 0 Å². The summed E-state index contributed by atoms with van der Waals surface area (Å²) in [5, 5.41) is 4.93. The lowest BCUT2D eigenvalue weighted by molar-refractivity contribution is 0.0846. The first-order valence-electron chi connectivity index (χ1n) is 9.57. The van der Waals surface area contributed by atoms with Gasteiger partial charge in [0.2, 0.25) is 0 Å². The molecular formula is C22H21N5O3. The monoisotopic (exact) mass is 403 g/mol. The van der Waals surface area contributed by atoms with Crippen molar-refractivity contribution in [3.63, 3.8) is 0 Å². The Morgan fingerprint density at radius 2 is 1.73 bits per heavy atom. The minimum atomic E-state index is -0.457. The Labute approximate surface area is 172 Å². The van der Waals surface area contributed by atoms with Gasteiger partial charge in [0.25, 0.3) is 11.8 Å². The maximum absolute atomic E-state index is 13.0. The van der Waals surface area contributed by atoms with E-state index in [-0.39, 0.29) is 0 Å². The number of hydrogen-bond acceptors (Lipinski definition) is 5. The molecule has 8 nitrogen and oxygen atoms in total. The summed E-state index contributed by atoms with van der Waals surface area (Å²) in [6.45, 7) is 6.03. The van der Waals surface area contributed by atoms with Crippen molar-refractivity contribution in [3.8, 4) is 11.3 Å². The lowest BCUT2D eigenvalue weighted by Crippen LogP contribution is -2.41. The van der Waals surface area contributed by atoms with Crippen molar-refractivity contribution < 1.29 is 14.0 Å². The predicted octanol–water partition coefficient (Wildman–Crippen LogP) is 3.40. The molecule has 0 unspecified atom stereocenters. The third-order valence-corrected chi connectivity index (χ3v) is 4.80. The molecule has 0 aliphatic carbocycles. The first-order valence-corrected chi connectivity index (χ1v) is 9.57. The predicted molar refractivity (Wildman–Crippen MR) is 112 cm³/mol. The van der Waals surface area contributed by atoms with Gasteiger partial charge < -0.3 is 4.42 Å². The van der Waals surface area contributed by atoms with E-state index < -0.39 is 11.8 Å². The van der Waals surface area contributed by atoms with E-state index >= 15 is 0 Å². The number of nitrogens with zero attached hydrogens (tertiary/aromatic N) is 3. The van der Waals surface area contributed by atoms with E-state index in [0.717, 1.165) is 5.56 Å². The second-order valence-electron chi connectivity index (χ2n) is 6.85. The molecule has 0 fully saturated rings. The number of aromatic nitrogens is 3. The molecule has 4 rings (SSSR count). The van der Waals surface area contributed by atoms with Crippen molar-refractivity contribution in [2.45, 2.75) is 27.3 Å². The van der Waals surface area contributed by atoms with E-state index in [0.29, 0.717) is 45.9 Å². The summed E-state index contributed by atoms with van der Waals surface area (Å²) < 4.78 is 7.10. The van der Waals surface area contributed by atoms with Crippen LogP contribution in [-0.4, -0.2) is 26.6 Å². The topological polar surface area (TPSA) is 102 Å². The smallest absolute Gasteiger partial charge is 0.273 e. The largest absolute Gasteiger partial charge is 0.466 e. The number of rotatable bonds is 4. The molecule has 8 heteroatoms. The SMILES string of the molecule is CCn1ncc2c(C(=O)NNC(=O)c3cc(C)oc3C)cc(-c3ccccc3)nc21. The average Bonchev–Trinajstić information content (AvgIpc) is 3.33. The van der Waals surface area contributed by atoms with E-state index in [9.17, 15) is 9.59 Å². The molecule has 4 aromatic rings. The van der Waals surface area contributed by atoms with Crippen molar-refractivity contribution in [2.24, 2.45) is 0 Å². The van der Waals surface area contributed by atoms with E-state index in [1.165, 1.54) is 0 Å². The highest BCUT2D eigenvalue weighted by Gasteiger charge is 2.19. The van der Waals surface area contributed by atoms with Gasteiger partial charge in [-0.2, -0.15) is 5.10 Å². The normalized spacial score (nSPS) is 10.9. The van der Waals surface area contributed by atoms with Crippen LogP contribution in [0.25, 0.3) is 22.3 Å². The van der Waals surface area contributed by atoms with E-state index in [1.807, 2.05) is 37.3 Å². The Hall–Kier alpha value is -3.94. The quantitative estimate of drug-likeness (QED) is 0.509. The van der Waals surface area contributed by atoms with Gasteiger partial charge in [0.1, 0.15) is 11.5 Å². The number of fused-ring (bicyclic) bond motifs is 1. The summed E-state index contributed by atoms with van der Waals surface area (Å²) >= 11 is 0. The number of hydrazine groups is 1. The fourth-order valence-corrected chi connectivity index (χ4v) is 3.33. The Bertz CT molecular complexity index is 1240. The molecule has 0 aliphatic heterocycles. The van der Waals surface area contributed by atoms with Crippen molar-refractivity contribution in [3.05, 3.63) is 71.3 Å². The number of benzene rings is 1. The molecule has 0 radical (unpaired) electrons. The third-order valence-electron chi connectivity index (χ3n) is 4.80. The zero-order valence-corrected chi connectivity index (χ0v) is 16.9. The standard InChI is InChI=1S/C22H21N5O3/c1-4-27-20-18(12-23-27)17(11-19(24-20)15-8-6-5-7-9-15)22(29)26-25-21(28)16-10-13(2)30-14(16)3/h5-12H,4H2,1-3H3,(H,25,28)(H,26,29). The number of hydrogen-bond donors (Lipinski definition) is 2. The van der Waals surface area contributed by atoms with Crippen LogP contribution in [0.4, 0.5) is 0 Å². The first kappa shape index (κ1) is 19.4. The fourth-order valence-electron chi connectivity index (χ4n) is 3.33. The van der Waals surface area contributed by atoms with Gasteiger partial charge in [0, 0.05) is 12.1 Å². The van der Waals surface area contributed by atoms with Crippen LogP contribution in [0.5, 0.6) is 0 Å². The molecule has 3 aromatic heterocycles. The van der Waals surface area contributed by atoms with Gasteiger partial charge in [-0.15, -0.1) is 0 Å². The maximum Gasteiger partial charge on any atom is 0.273 e.